The van der Waals surface area contributed by atoms with Crippen LogP contribution in [0.2, 0.25) is 0 Å². The zero-order chi connectivity index (χ0) is 22.5. The zero-order valence-corrected chi connectivity index (χ0v) is 19.1. The van der Waals surface area contributed by atoms with Crippen molar-refractivity contribution in [3.63, 3.8) is 0 Å². The van der Waals surface area contributed by atoms with E-state index in [1.165, 1.54) is 17.3 Å². The molecule has 1 saturated heterocycles. The minimum atomic E-state index is -0.128. The second-order valence-corrected chi connectivity index (χ2v) is 8.98. The Balaban J connectivity index is 1.47. The summed E-state index contributed by atoms with van der Waals surface area (Å²) < 4.78 is 5.43. The monoisotopic (exact) mass is 446 g/mol. The predicted molar refractivity (Wildman–Crippen MR) is 129 cm³/mol. The Kier molecular flexibility index (Phi) is 6.93. The van der Waals surface area contributed by atoms with Crippen LogP contribution in [0.1, 0.15) is 30.9 Å². The quantitative estimate of drug-likeness (QED) is 0.548. The largest absolute Gasteiger partial charge is 0.378 e. The number of hydrogen-bond acceptors (Lipinski definition) is 6. The minimum Gasteiger partial charge on any atom is -0.378 e. The topological polar surface area (TPSA) is 78.2 Å². The number of thioether (sulfide) groups is 1. The fourth-order valence-corrected chi connectivity index (χ4v) is 4.47. The zero-order valence-electron chi connectivity index (χ0n) is 18.3. The first-order chi connectivity index (χ1) is 15.5. The van der Waals surface area contributed by atoms with Crippen LogP contribution in [0.15, 0.2) is 53.6 Å². The molecule has 164 valence electrons. The molecule has 1 N–H and O–H groups in total. The SMILES string of the molecule is CC(C)c1ccc2nc(SCC(=O)Nc3ccccc3N3CCOCC3)c(C#N)cc2c1. The lowest BCUT2D eigenvalue weighted by Gasteiger charge is -2.30. The number of nitrogens with one attached hydrogen (secondary N) is 1. The molecule has 0 aliphatic carbocycles. The van der Waals surface area contributed by atoms with Crippen LogP contribution in [0.5, 0.6) is 0 Å². The molecule has 0 unspecified atom stereocenters. The second-order valence-electron chi connectivity index (χ2n) is 8.01. The summed E-state index contributed by atoms with van der Waals surface area (Å²) in [6.45, 7) is 7.24. The Morgan fingerprint density at radius 2 is 2.00 bits per heavy atom. The molecular formula is C25H26N4O2S. The number of fused-ring (bicyclic) bond motifs is 1. The van der Waals surface area contributed by atoms with Crippen LogP contribution in [-0.2, 0) is 9.53 Å². The molecule has 4 rings (SSSR count). The lowest BCUT2D eigenvalue weighted by Crippen LogP contribution is -2.36. The number of benzene rings is 2. The average Bonchev–Trinajstić information content (AvgIpc) is 2.82. The molecule has 1 aromatic heterocycles. The van der Waals surface area contributed by atoms with E-state index in [2.05, 4.69) is 47.3 Å². The second kappa shape index (κ2) is 10.0. The van der Waals surface area contributed by atoms with E-state index in [9.17, 15) is 10.1 Å². The number of carbonyl (C=O) groups excluding carboxylic acids is 1. The maximum atomic E-state index is 12.7. The summed E-state index contributed by atoms with van der Waals surface area (Å²) in [7, 11) is 0. The number of amides is 1. The summed E-state index contributed by atoms with van der Waals surface area (Å²) in [6, 6.07) is 18.0. The number of hydrogen-bond donors (Lipinski definition) is 1. The number of ether oxygens (including phenoxy) is 1. The molecule has 6 nitrogen and oxygen atoms in total. The third-order valence-corrected chi connectivity index (χ3v) is 6.45. The van der Waals surface area contributed by atoms with Gasteiger partial charge in [-0.25, -0.2) is 4.98 Å². The van der Waals surface area contributed by atoms with Crippen molar-refractivity contribution in [1.82, 2.24) is 4.98 Å². The number of para-hydroxylation sites is 2. The highest BCUT2D eigenvalue weighted by atomic mass is 32.2. The van der Waals surface area contributed by atoms with Crippen LogP contribution >= 0.6 is 11.8 Å². The average molecular weight is 447 g/mol. The highest BCUT2D eigenvalue weighted by Gasteiger charge is 2.17. The van der Waals surface area contributed by atoms with E-state index in [0.717, 1.165) is 35.4 Å². The van der Waals surface area contributed by atoms with Crippen LogP contribution in [0, 0.1) is 11.3 Å². The van der Waals surface area contributed by atoms with Gasteiger partial charge in [-0.1, -0.05) is 43.8 Å². The summed E-state index contributed by atoms with van der Waals surface area (Å²) in [4.78, 5) is 19.6. The molecule has 0 spiro atoms. The first-order valence-corrected chi connectivity index (χ1v) is 11.7. The van der Waals surface area contributed by atoms with E-state index >= 15 is 0 Å². The Hall–Kier alpha value is -3.08. The van der Waals surface area contributed by atoms with Gasteiger partial charge in [-0.2, -0.15) is 5.26 Å². The lowest BCUT2D eigenvalue weighted by atomic mass is 10.0. The molecule has 0 saturated carbocycles. The number of anilines is 2. The third-order valence-electron chi connectivity index (χ3n) is 5.46. The Labute approximate surface area is 192 Å². The number of rotatable bonds is 6. The Bertz CT molecular complexity index is 1170. The molecule has 7 heteroatoms. The molecule has 2 aromatic carbocycles. The van der Waals surface area contributed by atoms with Gasteiger partial charge in [0.2, 0.25) is 5.91 Å². The van der Waals surface area contributed by atoms with Gasteiger partial charge in [0, 0.05) is 18.5 Å². The van der Waals surface area contributed by atoms with Crippen molar-refractivity contribution in [2.45, 2.75) is 24.8 Å². The number of morpholine rings is 1. The fourth-order valence-electron chi connectivity index (χ4n) is 3.71. The van der Waals surface area contributed by atoms with Crippen molar-refractivity contribution in [3.8, 4) is 6.07 Å². The highest BCUT2D eigenvalue weighted by Crippen LogP contribution is 2.29. The van der Waals surface area contributed by atoms with E-state index in [1.807, 2.05) is 36.4 Å². The maximum Gasteiger partial charge on any atom is 0.234 e. The van der Waals surface area contributed by atoms with Gasteiger partial charge in [0.25, 0.3) is 0 Å². The normalized spacial score (nSPS) is 13.9. The van der Waals surface area contributed by atoms with Crippen molar-refractivity contribution >= 4 is 39.9 Å². The molecule has 1 aliphatic rings. The van der Waals surface area contributed by atoms with Crippen LogP contribution < -0.4 is 10.2 Å². The number of pyridine rings is 1. The molecule has 1 aliphatic heterocycles. The molecule has 0 radical (unpaired) electrons. The van der Waals surface area contributed by atoms with Crippen LogP contribution in [0.25, 0.3) is 10.9 Å². The molecule has 2 heterocycles. The van der Waals surface area contributed by atoms with Crippen molar-refractivity contribution in [1.29, 1.82) is 5.26 Å². The molecule has 32 heavy (non-hydrogen) atoms. The molecule has 1 amide bonds. The first kappa shape index (κ1) is 22.1. The summed E-state index contributed by atoms with van der Waals surface area (Å²) >= 11 is 1.29. The van der Waals surface area contributed by atoms with E-state index < -0.39 is 0 Å². The van der Waals surface area contributed by atoms with Crippen molar-refractivity contribution in [2.75, 3.05) is 42.3 Å². The van der Waals surface area contributed by atoms with Gasteiger partial charge in [-0.05, 0) is 41.8 Å². The van der Waals surface area contributed by atoms with Crippen molar-refractivity contribution in [3.05, 3.63) is 59.7 Å². The minimum absolute atomic E-state index is 0.128. The third kappa shape index (κ3) is 5.04. The highest BCUT2D eigenvalue weighted by molar-refractivity contribution is 8.00. The Morgan fingerprint density at radius 1 is 1.22 bits per heavy atom. The van der Waals surface area contributed by atoms with E-state index in [4.69, 9.17) is 4.74 Å². The van der Waals surface area contributed by atoms with Gasteiger partial charge in [0.05, 0.1) is 41.4 Å². The standard InChI is InChI=1S/C25H26N4O2S/c1-17(2)18-7-8-21-19(13-18)14-20(15-26)25(28-21)32-16-24(30)27-22-5-3-4-6-23(22)29-9-11-31-12-10-29/h3-8,13-14,17H,9-12,16H2,1-2H3,(H,27,30). The van der Waals surface area contributed by atoms with E-state index in [1.54, 1.807) is 0 Å². The van der Waals surface area contributed by atoms with Crippen LogP contribution in [0.3, 0.4) is 0 Å². The van der Waals surface area contributed by atoms with Crippen LogP contribution in [-0.4, -0.2) is 42.9 Å². The van der Waals surface area contributed by atoms with E-state index in [0.29, 0.717) is 29.7 Å². The number of nitrogens with zero attached hydrogens (tertiary/aromatic N) is 3. The number of aromatic nitrogens is 1. The summed E-state index contributed by atoms with van der Waals surface area (Å²) in [5.41, 5.74) is 4.31. The summed E-state index contributed by atoms with van der Waals surface area (Å²) in [5, 5.41) is 14.2. The lowest BCUT2D eigenvalue weighted by molar-refractivity contribution is -0.113. The van der Waals surface area contributed by atoms with Gasteiger partial charge < -0.3 is 15.0 Å². The maximum absolute atomic E-state index is 12.7. The van der Waals surface area contributed by atoms with Gasteiger partial charge in [0.15, 0.2) is 0 Å². The first-order valence-electron chi connectivity index (χ1n) is 10.7. The van der Waals surface area contributed by atoms with Crippen LogP contribution in [0.4, 0.5) is 11.4 Å². The molecule has 1 fully saturated rings. The van der Waals surface area contributed by atoms with Gasteiger partial charge >= 0.3 is 0 Å². The smallest absolute Gasteiger partial charge is 0.234 e. The van der Waals surface area contributed by atoms with Gasteiger partial charge in [-0.3, -0.25) is 4.79 Å². The van der Waals surface area contributed by atoms with Gasteiger partial charge in [0.1, 0.15) is 11.1 Å². The van der Waals surface area contributed by atoms with E-state index in [-0.39, 0.29) is 11.7 Å². The Morgan fingerprint density at radius 3 is 2.75 bits per heavy atom. The summed E-state index contributed by atoms with van der Waals surface area (Å²) in [6.07, 6.45) is 0. The molecule has 3 aromatic rings. The summed E-state index contributed by atoms with van der Waals surface area (Å²) in [5.74, 6) is 0.453. The van der Waals surface area contributed by atoms with Gasteiger partial charge in [-0.15, -0.1) is 0 Å². The van der Waals surface area contributed by atoms with Crippen molar-refractivity contribution in [2.24, 2.45) is 0 Å². The number of nitriles is 1. The molecule has 0 atom stereocenters. The fraction of sp³-hybridized carbons (Fsp3) is 0.320. The molecule has 0 bridgehead atoms. The molecular weight excluding hydrogens is 420 g/mol. The predicted octanol–water partition coefficient (Wildman–Crippen LogP) is 4.80. The van der Waals surface area contributed by atoms with Crippen molar-refractivity contribution < 1.29 is 9.53 Å². The number of carbonyl (C=O) groups is 1.